The van der Waals surface area contributed by atoms with Crippen molar-refractivity contribution in [3.63, 3.8) is 0 Å². The number of aromatic nitrogens is 3. The summed E-state index contributed by atoms with van der Waals surface area (Å²) in [6.07, 6.45) is 5.76. The van der Waals surface area contributed by atoms with Crippen molar-refractivity contribution in [2.75, 3.05) is 19.8 Å². The van der Waals surface area contributed by atoms with Crippen LogP contribution in [-0.2, 0) is 11.2 Å². The first-order valence-corrected chi connectivity index (χ1v) is 12.7. The highest BCUT2D eigenvalue weighted by Crippen LogP contribution is 2.24. The van der Waals surface area contributed by atoms with E-state index in [4.69, 9.17) is 9.47 Å². The van der Waals surface area contributed by atoms with Crippen LogP contribution in [0.5, 0.6) is 11.5 Å². The van der Waals surface area contributed by atoms with Crippen molar-refractivity contribution in [3.05, 3.63) is 90.3 Å². The molecule has 200 valence electrons. The van der Waals surface area contributed by atoms with Gasteiger partial charge in [-0.15, -0.1) is 0 Å². The summed E-state index contributed by atoms with van der Waals surface area (Å²) < 4.78 is 13.2. The SMILES string of the molecule is CCNC(=O)C(O)[C@@H]1Cc2ccc(cc2)OC/C=C/COc2ccc3c(cnn3-c3ncccc3C(=O)N1)c2. The van der Waals surface area contributed by atoms with Crippen molar-refractivity contribution < 1.29 is 24.2 Å². The van der Waals surface area contributed by atoms with E-state index in [-0.39, 0.29) is 12.0 Å². The van der Waals surface area contributed by atoms with E-state index in [0.717, 1.165) is 16.5 Å². The second-order valence-electron chi connectivity index (χ2n) is 9.01. The molecule has 0 radical (unpaired) electrons. The molecule has 39 heavy (non-hydrogen) atoms. The number of hydrogen-bond donors (Lipinski definition) is 3. The minimum absolute atomic E-state index is 0.213. The molecule has 1 unspecified atom stereocenters. The molecule has 0 aliphatic carbocycles. The van der Waals surface area contributed by atoms with E-state index in [1.165, 1.54) is 0 Å². The number of nitrogens with one attached hydrogen (secondary N) is 2. The van der Waals surface area contributed by atoms with Crippen LogP contribution < -0.4 is 20.1 Å². The molecule has 2 atom stereocenters. The number of amides is 2. The first kappa shape index (κ1) is 25.9. The van der Waals surface area contributed by atoms with Crippen LogP contribution in [0.15, 0.2) is 79.1 Å². The predicted octanol–water partition coefficient (Wildman–Crippen LogP) is 2.59. The van der Waals surface area contributed by atoms with E-state index in [1.54, 1.807) is 36.1 Å². The standard InChI is InChI=1S/C29H29N5O5/c1-2-30-29(37)26(35)24-16-19-7-9-21(10-8-19)38-14-3-4-15-39-22-11-12-25-20(17-22)18-32-34(25)27-23(28(36)33-24)6-5-13-31-27/h3-13,17-18,24,26,35H,2,14-16H2,1H3,(H,30,37)(H,33,36)/b4-3+/t24-,26?/m0/s1. The van der Waals surface area contributed by atoms with Crippen molar-refractivity contribution in [2.24, 2.45) is 0 Å². The number of rotatable bonds is 3. The second kappa shape index (κ2) is 11.8. The van der Waals surface area contributed by atoms with Gasteiger partial charge in [0.1, 0.15) is 24.7 Å². The van der Waals surface area contributed by atoms with E-state index in [9.17, 15) is 14.7 Å². The van der Waals surface area contributed by atoms with Gasteiger partial charge in [0.05, 0.1) is 23.3 Å². The average Bonchev–Trinajstić information content (AvgIpc) is 3.37. The van der Waals surface area contributed by atoms with E-state index < -0.39 is 24.0 Å². The highest BCUT2D eigenvalue weighted by Gasteiger charge is 2.29. The Morgan fingerprint density at radius 2 is 1.87 bits per heavy atom. The number of aliphatic hydroxyl groups is 1. The molecule has 6 bridgehead atoms. The van der Waals surface area contributed by atoms with Crippen LogP contribution in [0.25, 0.3) is 16.7 Å². The zero-order valence-corrected chi connectivity index (χ0v) is 21.4. The number of ether oxygens (including phenoxy) is 2. The Morgan fingerprint density at radius 1 is 1.13 bits per heavy atom. The topological polar surface area (TPSA) is 128 Å². The monoisotopic (exact) mass is 527 g/mol. The summed E-state index contributed by atoms with van der Waals surface area (Å²) in [7, 11) is 0. The molecule has 10 nitrogen and oxygen atoms in total. The number of hydrogen-bond acceptors (Lipinski definition) is 7. The molecule has 3 N–H and O–H groups in total. The van der Waals surface area contributed by atoms with E-state index in [2.05, 4.69) is 20.7 Å². The number of carbonyl (C=O) groups excluding carboxylic acids is 2. The number of nitrogens with zero attached hydrogens (tertiary/aromatic N) is 3. The second-order valence-corrected chi connectivity index (χ2v) is 9.01. The Kier molecular flexibility index (Phi) is 7.83. The fourth-order valence-electron chi connectivity index (χ4n) is 4.36. The lowest BCUT2D eigenvalue weighted by Gasteiger charge is -2.24. The Balaban J connectivity index is 1.54. The Bertz CT molecular complexity index is 1500. The lowest BCUT2D eigenvalue weighted by molar-refractivity contribution is -0.130. The Hall–Kier alpha value is -4.70. The molecule has 4 aromatic rings. The molecule has 10 heteroatoms. The summed E-state index contributed by atoms with van der Waals surface area (Å²) in [5, 5.41) is 21.7. The third-order valence-electron chi connectivity index (χ3n) is 6.33. The van der Waals surface area contributed by atoms with Gasteiger partial charge in [-0.2, -0.15) is 5.10 Å². The van der Waals surface area contributed by atoms with Crippen molar-refractivity contribution >= 4 is 22.7 Å². The van der Waals surface area contributed by atoms with Gasteiger partial charge in [-0.25, -0.2) is 9.67 Å². The van der Waals surface area contributed by atoms with Gasteiger partial charge in [-0.1, -0.05) is 12.1 Å². The number of likely N-dealkylation sites (N-methyl/N-ethyl adjacent to an activating group) is 1. The third kappa shape index (κ3) is 5.91. The van der Waals surface area contributed by atoms with Crippen molar-refractivity contribution in [1.82, 2.24) is 25.4 Å². The minimum Gasteiger partial charge on any atom is -0.490 e. The van der Waals surface area contributed by atoms with Crippen molar-refractivity contribution in [2.45, 2.75) is 25.5 Å². The molecule has 6 heterocycles. The van der Waals surface area contributed by atoms with Crippen molar-refractivity contribution in [1.29, 1.82) is 0 Å². The molecule has 2 aromatic carbocycles. The normalized spacial score (nSPS) is 17.4. The Morgan fingerprint density at radius 3 is 2.64 bits per heavy atom. The average molecular weight is 528 g/mol. The predicted molar refractivity (Wildman–Crippen MR) is 145 cm³/mol. The fourth-order valence-corrected chi connectivity index (χ4v) is 4.36. The largest absolute Gasteiger partial charge is 0.490 e. The molecule has 0 saturated heterocycles. The summed E-state index contributed by atoms with van der Waals surface area (Å²) in [5.74, 6) is 0.604. The van der Waals surface area contributed by atoms with Crippen LogP contribution in [0.3, 0.4) is 0 Å². The lowest BCUT2D eigenvalue weighted by Crippen LogP contribution is -2.51. The van der Waals surface area contributed by atoms with Gasteiger partial charge in [0.15, 0.2) is 11.9 Å². The Labute approximate surface area is 225 Å². The first-order chi connectivity index (χ1) is 19.0. The summed E-state index contributed by atoms with van der Waals surface area (Å²) in [4.78, 5) is 30.6. The molecule has 4 aliphatic heterocycles. The van der Waals surface area contributed by atoms with Gasteiger partial charge in [-0.05, 0) is 73.5 Å². The number of aliphatic hydroxyl groups excluding tert-OH is 1. The number of carbonyl (C=O) groups is 2. The molecule has 4 aliphatic rings. The van der Waals surface area contributed by atoms with Gasteiger partial charge < -0.3 is 25.2 Å². The zero-order valence-electron chi connectivity index (χ0n) is 21.4. The van der Waals surface area contributed by atoms with Crippen LogP contribution in [0.1, 0.15) is 22.8 Å². The maximum absolute atomic E-state index is 13.6. The molecular formula is C29H29N5O5. The molecular weight excluding hydrogens is 498 g/mol. The molecule has 0 spiro atoms. The van der Waals surface area contributed by atoms with Crippen LogP contribution in [0.2, 0.25) is 0 Å². The van der Waals surface area contributed by atoms with E-state index >= 15 is 0 Å². The molecule has 8 rings (SSSR count). The summed E-state index contributed by atoms with van der Waals surface area (Å²) in [5.41, 5.74) is 1.80. The molecule has 2 amide bonds. The third-order valence-corrected chi connectivity index (χ3v) is 6.33. The fraction of sp³-hybridized carbons (Fsp3) is 0.241. The number of benzene rings is 2. The van der Waals surface area contributed by atoms with E-state index in [0.29, 0.717) is 37.1 Å². The highest BCUT2D eigenvalue weighted by atomic mass is 16.5. The van der Waals surface area contributed by atoms with Crippen LogP contribution >= 0.6 is 0 Å². The van der Waals surface area contributed by atoms with Gasteiger partial charge in [0.2, 0.25) is 0 Å². The highest BCUT2D eigenvalue weighted by molar-refractivity contribution is 5.98. The number of pyridine rings is 1. The molecule has 0 saturated carbocycles. The van der Waals surface area contributed by atoms with Gasteiger partial charge >= 0.3 is 0 Å². The maximum atomic E-state index is 13.6. The van der Waals surface area contributed by atoms with E-state index in [1.807, 2.05) is 54.6 Å². The molecule has 2 aromatic heterocycles. The summed E-state index contributed by atoms with van der Waals surface area (Å²) in [6.45, 7) is 2.86. The summed E-state index contributed by atoms with van der Waals surface area (Å²) in [6, 6.07) is 15.2. The molecule has 0 fully saturated rings. The van der Waals surface area contributed by atoms with Gasteiger partial charge in [0.25, 0.3) is 11.8 Å². The van der Waals surface area contributed by atoms with Crippen LogP contribution in [0, 0.1) is 0 Å². The summed E-state index contributed by atoms with van der Waals surface area (Å²) >= 11 is 0. The zero-order chi connectivity index (χ0) is 27.2. The van der Waals surface area contributed by atoms with Crippen LogP contribution in [-0.4, -0.2) is 63.6 Å². The van der Waals surface area contributed by atoms with Gasteiger partial charge in [0, 0.05) is 18.1 Å². The maximum Gasteiger partial charge on any atom is 0.255 e. The van der Waals surface area contributed by atoms with Gasteiger partial charge in [-0.3, -0.25) is 9.59 Å². The van der Waals surface area contributed by atoms with Crippen molar-refractivity contribution in [3.8, 4) is 17.3 Å². The van der Waals surface area contributed by atoms with Crippen LogP contribution in [0.4, 0.5) is 0 Å². The smallest absolute Gasteiger partial charge is 0.255 e. The quantitative estimate of drug-likeness (QED) is 0.350. The minimum atomic E-state index is -1.47. The first-order valence-electron chi connectivity index (χ1n) is 12.7. The lowest BCUT2D eigenvalue weighted by atomic mass is 10.00.